The van der Waals surface area contributed by atoms with Crippen molar-refractivity contribution in [2.24, 2.45) is 5.92 Å². The minimum atomic E-state index is -3.56. The predicted molar refractivity (Wildman–Crippen MR) is 66.9 cm³/mol. The van der Waals surface area contributed by atoms with Gasteiger partial charge < -0.3 is 5.73 Å². The summed E-state index contributed by atoms with van der Waals surface area (Å²) in [5.41, 5.74) is 5.54. The molecule has 17 heavy (non-hydrogen) atoms. The van der Waals surface area contributed by atoms with Gasteiger partial charge in [0.2, 0.25) is 10.0 Å². The first-order valence-electron chi connectivity index (χ1n) is 5.53. The Hall–Kier alpha value is -1.08. The molecule has 0 bridgehead atoms. The first kappa shape index (κ1) is 14.0. The van der Waals surface area contributed by atoms with Crippen molar-refractivity contribution < 1.29 is 8.42 Å². The van der Waals surface area contributed by atoms with E-state index >= 15 is 0 Å². The zero-order chi connectivity index (χ0) is 13.2. The van der Waals surface area contributed by atoms with E-state index in [2.05, 4.69) is 24.0 Å². The molecule has 0 saturated heterocycles. The van der Waals surface area contributed by atoms with E-state index in [0.29, 0.717) is 5.92 Å². The number of nitrogens with two attached hydrogens (primary N) is 1. The third kappa shape index (κ3) is 2.98. The highest BCUT2D eigenvalue weighted by atomic mass is 32.2. The number of aromatic nitrogens is 2. The van der Waals surface area contributed by atoms with Crippen LogP contribution in [0.15, 0.2) is 11.1 Å². The van der Waals surface area contributed by atoms with Crippen molar-refractivity contribution in [3.8, 4) is 0 Å². The molecule has 1 aromatic heterocycles. The smallest absolute Gasteiger partial charge is 0.248 e. The molecule has 0 aliphatic rings. The van der Waals surface area contributed by atoms with Crippen molar-refractivity contribution in [2.45, 2.75) is 38.1 Å². The number of sulfonamides is 1. The minimum absolute atomic E-state index is 0.0376. The zero-order valence-electron chi connectivity index (χ0n) is 10.6. The van der Waals surface area contributed by atoms with Gasteiger partial charge >= 0.3 is 0 Å². The van der Waals surface area contributed by atoms with Crippen LogP contribution >= 0.6 is 0 Å². The first-order chi connectivity index (χ1) is 7.76. The number of rotatable bonds is 5. The lowest BCUT2D eigenvalue weighted by Gasteiger charge is -2.25. The van der Waals surface area contributed by atoms with E-state index in [1.54, 1.807) is 7.05 Å². The lowest BCUT2D eigenvalue weighted by molar-refractivity contribution is 0.338. The van der Waals surface area contributed by atoms with Crippen molar-refractivity contribution in [1.29, 1.82) is 0 Å². The molecule has 1 aromatic rings. The van der Waals surface area contributed by atoms with E-state index in [0.717, 1.165) is 6.42 Å². The van der Waals surface area contributed by atoms with Crippen LogP contribution in [0.4, 0.5) is 5.82 Å². The van der Waals surface area contributed by atoms with Gasteiger partial charge in [0.1, 0.15) is 10.7 Å². The van der Waals surface area contributed by atoms with Crippen LogP contribution < -0.4 is 5.73 Å². The Balaban J connectivity index is 2.96. The molecular formula is C10H20N4O2S. The van der Waals surface area contributed by atoms with Gasteiger partial charge in [-0.3, -0.25) is 5.10 Å². The molecule has 0 saturated carbocycles. The van der Waals surface area contributed by atoms with E-state index < -0.39 is 10.0 Å². The largest absolute Gasteiger partial charge is 0.383 e. The summed E-state index contributed by atoms with van der Waals surface area (Å²) in [7, 11) is -1.99. The van der Waals surface area contributed by atoms with Crippen LogP contribution in [0.5, 0.6) is 0 Å². The van der Waals surface area contributed by atoms with E-state index in [9.17, 15) is 8.42 Å². The van der Waals surface area contributed by atoms with Crippen molar-refractivity contribution in [1.82, 2.24) is 14.5 Å². The molecule has 0 fully saturated rings. The Bertz CT molecular complexity index is 466. The molecule has 1 atom stereocenters. The van der Waals surface area contributed by atoms with Gasteiger partial charge in [-0.2, -0.15) is 9.40 Å². The topological polar surface area (TPSA) is 92.1 Å². The number of hydrogen-bond donors (Lipinski definition) is 2. The second-order valence-electron chi connectivity index (χ2n) is 4.65. The zero-order valence-corrected chi connectivity index (χ0v) is 11.5. The number of anilines is 1. The average molecular weight is 260 g/mol. The molecule has 7 heteroatoms. The Morgan fingerprint density at radius 1 is 1.47 bits per heavy atom. The molecule has 0 spiro atoms. The number of H-pyrrole nitrogens is 1. The normalized spacial score (nSPS) is 14.5. The summed E-state index contributed by atoms with van der Waals surface area (Å²) in [6.45, 7) is 6.00. The second kappa shape index (κ2) is 5.05. The van der Waals surface area contributed by atoms with Crippen LogP contribution in [0, 0.1) is 5.92 Å². The van der Waals surface area contributed by atoms with Crippen LogP contribution in [-0.4, -0.2) is 36.0 Å². The number of nitrogens with one attached hydrogen (secondary N) is 1. The SMILES string of the molecule is CC(C)CC(C)N(C)S(=O)(=O)c1cn[nH]c1N. The van der Waals surface area contributed by atoms with Crippen LogP contribution in [-0.2, 0) is 10.0 Å². The maximum Gasteiger partial charge on any atom is 0.248 e. The predicted octanol–water partition coefficient (Wildman–Crippen LogP) is 1.05. The lowest BCUT2D eigenvalue weighted by atomic mass is 10.1. The molecule has 1 rings (SSSR count). The molecule has 0 aliphatic heterocycles. The number of nitrogen functional groups attached to an aromatic ring is 1. The fourth-order valence-corrected chi connectivity index (χ4v) is 3.09. The molecule has 3 N–H and O–H groups in total. The van der Waals surface area contributed by atoms with Crippen molar-refractivity contribution in [3.63, 3.8) is 0 Å². The summed E-state index contributed by atoms with van der Waals surface area (Å²) in [6.07, 6.45) is 2.04. The van der Waals surface area contributed by atoms with Gasteiger partial charge in [-0.1, -0.05) is 13.8 Å². The van der Waals surface area contributed by atoms with Gasteiger partial charge in [0.25, 0.3) is 0 Å². The Morgan fingerprint density at radius 2 is 2.06 bits per heavy atom. The van der Waals surface area contributed by atoms with Gasteiger partial charge in [-0.05, 0) is 19.3 Å². The number of hydrogen-bond acceptors (Lipinski definition) is 4. The monoisotopic (exact) mass is 260 g/mol. The molecule has 6 nitrogen and oxygen atoms in total. The van der Waals surface area contributed by atoms with E-state index in [1.165, 1.54) is 10.5 Å². The fraction of sp³-hybridized carbons (Fsp3) is 0.700. The van der Waals surface area contributed by atoms with E-state index in [4.69, 9.17) is 5.73 Å². The summed E-state index contributed by atoms with van der Waals surface area (Å²) < 4.78 is 25.8. The number of nitrogens with zero attached hydrogens (tertiary/aromatic N) is 2. The van der Waals surface area contributed by atoms with Gasteiger partial charge in [0, 0.05) is 13.1 Å². The molecule has 0 aliphatic carbocycles. The fourth-order valence-electron chi connectivity index (χ4n) is 1.71. The third-order valence-electron chi connectivity index (χ3n) is 2.72. The summed E-state index contributed by atoms with van der Waals surface area (Å²) in [6, 6.07) is -0.0747. The van der Waals surface area contributed by atoms with Crippen molar-refractivity contribution in [2.75, 3.05) is 12.8 Å². The summed E-state index contributed by atoms with van der Waals surface area (Å²) in [4.78, 5) is 0.0376. The minimum Gasteiger partial charge on any atom is -0.383 e. The Morgan fingerprint density at radius 3 is 2.47 bits per heavy atom. The van der Waals surface area contributed by atoms with Crippen LogP contribution in [0.2, 0.25) is 0 Å². The van der Waals surface area contributed by atoms with Gasteiger partial charge in [-0.25, -0.2) is 8.42 Å². The quantitative estimate of drug-likeness (QED) is 0.827. The average Bonchev–Trinajstić information content (AvgIpc) is 2.62. The highest BCUT2D eigenvalue weighted by Crippen LogP contribution is 2.22. The number of aromatic amines is 1. The van der Waals surface area contributed by atoms with Crippen LogP contribution in [0.1, 0.15) is 27.2 Å². The highest BCUT2D eigenvalue weighted by molar-refractivity contribution is 7.89. The molecule has 1 unspecified atom stereocenters. The highest BCUT2D eigenvalue weighted by Gasteiger charge is 2.28. The lowest BCUT2D eigenvalue weighted by Crippen LogP contribution is -2.36. The summed E-state index contributed by atoms with van der Waals surface area (Å²) in [5.74, 6) is 0.512. The maximum atomic E-state index is 12.2. The Labute approximate surface area is 102 Å². The maximum absolute atomic E-state index is 12.2. The van der Waals surface area contributed by atoms with Gasteiger partial charge in [0.05, 0.1) is 6.20 Å². The molecule has 0 radical (unpaired) electrons. The van der Waals surface area contributed by atoms with Crippen LogP contribution in [0.25, 0.3) is 0 Å². The Kier molecular flexibility index (Phi) is 4.16. The summed E-state index contributed by atoms with van der Waals surface area (Å²) in [5, 5.41) is 6.07. The standard InChI is InChI=1S/C10H20N4O2S/c1-7(2)5-8(3)14(4)17(15,16)9-6-12-13-10(9)11/h6-8H,5H2,1-4H3,(H3,11,12,13). The second-order valence-corrected chi connectivity index (χ2v) is 6.61. The van der Waals surface area contributed by atoms with Crippen molar-refractivity contribution in [3.05, 3.63) is 6.20 Å². The summed E-state index contributed by atoms with van der Waals surface area (Å²) >= 11 is 0. The van der Waals surface area contributed by atoms with Gasteiger partial charge in [-0.15, -0.1) is 0 Å². The third-order valence-corrected chi connectivity index (χ3v) is 4.72. The van der Waals surface area contributed by atoms with Crippen molar-refractivity contribution >= 4 is 15.8 Å². The molecule has 0 aromatic carbocycles. The first-order valence-corrected chi connectivity index (χ1v) is 6.97. The van der Waals surface area contributed by atoms with Crippen LogP contribution in [0.3, 0.4) is 0 Å². The van der Waals surface area contributed by atoms with E-state index in [-0.39, 0.29) is 16.8 Å². The molecule has 0 amide bonds. The van der Waals surface area contributed by atoms with E-state index in [1.807, 2.05) is 6.92 Å². The van der Waals surface area contributed by atoms with Gasteiger partial charge in [0.15, 0.2) is 0 Å². The molecule has 98 valence electrons. The molecular weight excluding hydrogens is 240 g/mol. The molecule has 1 heterocycles.